The van der Waals surface area contributed by atoms with E-state index in [9.17, 15) is 4.79 Å². The van der Waals surface area contributed by atoms with Crippen LogP contribution in [0.5, 0.6) is 17.2 Å². The molecule has 0 saturated heterocycles. The molecule has 1 N–H and O–H groups in total. The second kappa shape index (κ2) is 7.49. The number of rotatable bonds is 5. The molecule has 6 nitrogen and oxygen atoms in total. The van der Waals surface area contributed by atoms with Crippen molar-refractivity contribution in [3.05, 3.63) is 53.2 Å². The van der Waals surface area contributed by atoms with Crippen molar-refractivity contribution >= 4 is 34.1 Å². The van der Waals surface area contributed by atoms with Gasteiger partial charge < -0.3 is 19.5 Å². The van der Waals surface area contributed by atoms with Gasteiger partial charge in [-0.1, -0.05) is 17.7 Å². The van der Waals surface area contributed by atoms with Crippen molar-refractivity contribution in [3.8, 4) is 17.2 Å². The van der Waals surface area contributed by atoms with Gasteiger partial charge in [0.25, 0.3) is 5.91 Å². The van der Waals surface area contributed by atoms with Gasteiger partial charge in [-0.3, -0.25) is 4.79 Å². The molecule has 26 heavy (non-hydrogen) atoms. The van der Waals surface area contributed by atoms with Gasteiger partial charge in [-0.2, -0.15) is 0 Å². The van der Waals surface area contributed by atoms with Gasteiger partial charge in [-0.15, -0.1) is 0 Å². The van der Waals surface area contributed by atoms with Gasteiger partial charge in [-0.05, 0) is 30.3 Å². The van der Waals surface area contributed by atoms with Crippen LogP contribution in [-0.4, -0.2) is 32.2 Å². The number of aromatic nitrogens is 1. The number of carbonyl (C=O) groups is 1. The van der Waals surface area contributed by atoms with Crippen LogP contribution in [0.2, 0.25) is 5.02 Å². The van der Waals surface area contributed by atoms with Crippen LogP contribution in [0.1, 0.15) is 10.5 Å². The maximum Gasteiger partial charge on any atom is 0.274 e. The summed E-state index contributed by atoms with van der Waals surface area (Å²) in [7, 11) is 4.61. The predicted molar refractivity (Wildman–Crippen MR) is 101 cm³/mol. The maximum atomic E-state index is 12.6. The number of benzene rings is 2. The van der Waals surface area contributed by atoms with Gasteiger partial charge in [-0.25, -0.2) is 4.98 Å². The van der Waals surface area contributed by atoms with Crippen LogP contribution >= 0.6 is 11.6 Å². The van der Waals surface area contributed by atoms with E-state index in [1.54, 1.807) is 37.4 Å². The third kappa shape index (κ3) is 3.50. The van der Waals surface area contributed by atoms with E-state index in [0.717, 1.165) is 11.1 Å². The van der Waals surface area contributed by atoms with Crippen LogP contribution in [0.4, 0.5) is 5.69 Å². The third-order valence-corrected chi connectivity index (χ3v) is 4.15. The number of nitrogens with one attached hydrogen (secondary N) is 1. The fourth-order valence-corrected chi connectivity index (χ4v) is 2.74. The molecule has 0 aliphatic heterocycles. The summed E-state index contributed by atoms with van der Waals surface area (Å²) < 4.78 is 15.6. The van der Waals surface area contributed by atoms with E-state index < -0.39 is 0 Å². The molecule has 7 heteroatoms. The van der Waals surface area contributed by atoms with Gasteiger partial charge in [0.05, 0.1) is 37.6 Å². The first-order chi connectivity index (χ1) is 12.5. The largest absolute Gasteiger partial charge is 0.497 e. The van der Waals surface area contributed by atoms with E-state index in [0.29, 0.717) is 27.7 Å². The number of fused-ring (bicyclic) bond motifs is 1. The lowest BCUT2D eigenvalue weighted by molar-refractivity contribution is 0.102. The fourth-order valence-electron chi connectivity index (χ4n) is 2.50. The second-order valence-corrected chi connectivity index (χ2v) is 5.80. The Kier molecular flexibility index (Phi) is 5.14. The molecular formula is C19H17ClN2O4. The van der Waals surface area contributed by atoms with E-state index in [1.807, 2.05) is 12.1 Å². The Morgan fingerprint density at radius 3 is 2.42 bits per heavy atom. The average molecular weight is 373 g/mol. The molecule has 0 fully saturated rings. The monoisotopic (exact) mass is 372 g/mol. The highest BCUT2D eigenvalue weighted by molar-refractivity contribution is 6.32. The molecule has 0 atom stereocenters. The first-order valence-electron chi connectivity index (χ1n) is 7.73. The first-order valence-corrected chi connectivity index (χ1v) is 8.11. The average Bonchev–Trinajstić information content (AvgIpc) is 2.67. The topological polar surface area (TPSA) is 69.7 Å². The Bertz CT molecular complexity index is 975. The highest BCUT2D eigenvalue weighted by Gasteiger charge is 2.15. The minimum atomic E-state index is -0.373. The summed E-state index contributed by atoms with van der Waals surface area (Å²) in [6.07, 6.45) is 0. The van der Waals surface area contributed by atoms with Crippen LogP contribution < -0.4 is 19.5 Å². The summed E-state index contributed by atoms with van der Waals surface area (Å²) in [5.74, 6) is 1.25. The molecule has 0 spiro atoms. The predicted octanol–water partition coefficient (Wildman–Crippen LogP) is 4.17. The number of ether oxygens (including phenoxy) is 3. The molecule has 3 aromatic rings. The molecule has 1 heterocycles. The lowest BCUT2D eigenvalue weighted by Crippen LogP contribution is -2.14. The Morgan fingerprint density at radius 1 is 0.962 bits per heavy atom. The van der Waals surface area contributed by atoms with Crippen LogP contribution in [0.25, 0.3) is 10.9 Å². The molecule has 134 valence electrons. The fraction of sp³-hybridized carbons (Fsp3) is 0.158. The van der Waals surface area contributed by atoms with Gasteiger partial charge in [0.15, 0.2) is 0 Å². The highest BCUT2D eigenvalue weighted by atomic mass is 35.5. The molecule has 0 saturated carbocycles. The Labute approximate surface area is 155 Å². The van der Waals surface area contributed by atoms with Crippen LogP contribution in [-0.2, 0) is 0 Å². The van der Waals surface area contributed by atoms with Crippen LogP contribution in [0, 0.1) is 0 Å². The summed E-state index contributed by atoms with van der Waals surface area (Å²) in [6, 6.07) is 12.1. The summed E-state index contributed by atoms with van der Waals surface area (Å²) in [6.45, 7) is 0. The van der Waals surface area contributed by atoms with Crippen molar-refractivity contribution in [1.29, 1.82) is 0 Å². The van der Waals surface area contributed by atoms with Crippen LogP contribution in [0.15, 0.2) is 42.5 Å². The molecule has 1 amide bonds. The molecule has 0 bridgehead atoms. The number of nitrogens with zero attached hydrogens (tertiary/aromatic N) is 1. The van der Waals surface area contributed by atoms with Crippen molar-refractivity contribution < 1.29 is 19.0 Å². The number of anilines is 1. The van der Waals surface area contributed by atoms with Gasteiger partial charge in [0.2, 0.25) is 0 Å². The Hall–Kier alpha value is -2.99. The molecule has 1 aromatic heterocycles. The van der Waals surface area contributed by atoms with Crippen molar-refractivity contribution in [2.45, 2.75) is 0 Å². The number of carbonyl (C=O) groups excluding carboxylic acids is 1. The van der Waals surface area contributed by atoms with Crippen molar-refractivity contribution in [2.24, 2.45) is 0 Å². The number of methoxy groups -OCH3 is 3. The Balaban J connectivity index is 1.90. The van der Waals surface area contributed by atoms with E-state index >= 15 is 0 Å². The van der Waals surface area contributed by atoms with Gasteiger partial charge >= 0.3 is 0 Å². The zero-order valence-corrected chi connectivity index (χ0v) is 15.3. The molecule has 0 radical (unpaired) electrons. The molecule has 2 aromatic carbocycles. The van der Waals surface area contributed by atoms with Crippen molar-refractivity contribution in [3.63, 3.8) is 0 Å². The number of halogens is 1. The SMILES string of the molecule is COc1ccc2nc(C(=O)Nc3cc(Cl)c(OC)cc3OC)ccc2c1. The Morgan fingerprint density at radius 2 is 1.73 bits per heavy atom. The van der Waals surface area contributed by atoms with E-state index in [2.05, 4.69) is 10.3 Å². The van der Waals surface area contributed by atoms with Crippen molar-refractivity contribution in [2.75, 3.05) is 26.6 Å². The van der Waals surface area contributed by atoms with Crippen molar-refractivity contribution in [1.82, 2.24) is 4.98 Å². The van der Waals surface area contributed by atoms with E-state index in [-0.39, 0.29) is 11.6 Å². The minimum Gasteiger partial charge on any atom is -0.497 e. The smallest absolute Gasteiger partial charge is 0.274 e. The first kappa shape index (κ1) is 17.8. The van der Waals surface area contributed by atoms with Gasteiger partial charge in [0, 0.05) is 11.5 Å². The normalized spacial score (nSPS) is 10.5. The quantitative estimate of drug-likeness (QED) is 0.728. The highest BCUT2D eigenvalue weighted by Crippen LogP contribution is 2.36. The zero-order chi connectivity index (χ0) is 18.7. The van der Waals surface area contributed by atoms with Crippen LogP contribution in [0.3, 0.4) is 0 Å². The second-order valence-electron chi connectivity index (χ2n) is 5.40. The number of hydrogen-bond acceptors (Lipinski definition) is 5. The third-order valence-electron chi connectivity index (χ3n) is 3.85. The lowest BCUT2D eigenvalue weighted by atomic mass is 10.2. The summed E-state index contributed by atoms with van der Waals surface area (Å²) in [4.78, 5) is 17.0. The number of hydrogen-bond donors (Lipinski definition) is 1. The summed E-state index contributed by atoms with van der Waals surface area (Å²) >= 11 is 6.14. The zero-order valence-electron chi connectivity index (χ0n) is 14.5. The number of pyridine rings is 1. The maximum absolute atomic E-state index is 12.6. The molecule has 0 aliphatic rings. The molecule has 3 rings (SSSR count). The van der Waals surface area contributed by atoms with E-state index in [1.165, 1.54) is 14.2 Å². The summed E-state index contributed by atoms with van der Waals surface area (Å²) in [5, 5.41) is 4.01. The molecule has 0 unspecified atom stereocenters. The number of amides is 1. The van der Waals surface area contributed by atoms with Gasteiger partial charge in [0.1, 0.15) is 22.9 Å². The lowest BCUT2D eigenvalue weighted by Gasteiger charge is -2.13. The molecule has 0 aliphatic carbocycles. The molecular weight excluding hydrogens is 356 g/mol. The minimum absolute atomic E-state index is 0.275. The standard InChI is InChI=1S/C19H17ClN2O4/c1-24-12-5-7-14-11(8-12)4-6-15(21-14)19(23)22-16-9-13(20)17(25-2)10-18(16)26-3/h4-10H,1-3H3,(H,22,23). The summed E-state index contributed by atoms with van der Waals surface area (Å²) in [5.41, 5.74) is 1.40. The van der Waals surface area contributed by atoms with E-state index in [4.69, 9.17) is 25.8 Å².